The Morgan fingerprint density at radius 1 is 0.250 bits per heavy atom. The first-order valence-electron chi connectivity index (χ1n) is 23.0. The Morgan fingerprint density at radius 2 is 0.647 bits per heavy atom. The minimum atomic E-state index is 0.539. The first kappa shape index (κ1) is 39.2. The second-order valence-electron chi connectivity index (χ2n) is 17.2. The van der Waals surface area contributed by atoms with E-state index in [2.05, 4.69) is 246 Å². The van der Waals surface area contributed by atoms with Crippen LogP contribution >= 0.6 is 0 Å². The Morgan fingerprint density at radius 3 is 1.22 bits per heavy atom. The first-order valence-corrected chi connectivity index (χ1v) is 23.0. The Kier molecular flexibility index (Phi) is 9.43. The molecule has 5 nitrogen and oxygen atoms in total. The quantitative estimate of drug-likeness (QED) is 0.153. The number of fused-ring (bicyclic) bond motifs is 7. The van der Waals surface area contributed by atoms with E-state index in [1.54, 1.807) is 0 Å². The lowest BCUT2D eigenvalue weighted by Gasteiger charge is -2.20. The highest BCUT2D eigenvalue weighted by Crippen LogP contribution is 2.45. The smallest absolute Gasteiger partial charge is 0.238 e. The van der Waals surface area contributed by atoms with Crippen LogP contribution in [0.15, 0.2) is 249 Å². The Bertz CT molecular complexity index is 3930. The number of rotatable bonds is 8. The molecule has 0 aliphatic rings. The van der Waals surface area contributed by atoms with Crippen molar-refractivity contribution in [3.05, 3.63) is 249 Å². The zero-order valence-electron chi connectivity index (χ0n) is 36.9. The van der Waals surface area contributed by atoms with Crippen molar-refractivity contribution in [2.45, 2.75) is 0 Å². The summed E-state index contributed by atoms with van der Waals surface area (Å²) >= 11 is 0. The van der Waals surface area contributed by atoms with Crippen LogP contribution in [0, 0.1) is 0 Å². The molecule has 3 aromatic heterocycles. The molecule has 0 atom stereocenters. The van der Waals surface area contributed by atoms with Gasteiger partial charge in [-0.1, -0.05) is 231 Å². The zero-order valence-corrected chi connectivity index (χ0v) is 36.9. The average Bonchev–Trinajstić information content (AvgIpc) is 3.95. The molecule has 0 aliphatic carbocycles. The summed E-state index contributed by atoms with van der Waals surface area (Å²) in [7, 11) is 0. The molecule has 5 heteroatoms. The van der Waals surface area contributed by atoms with Crippen molar-refractivity contribution in [2.24, 2.45) is 0 Å². The van der Waals surface area contributed by atoms with E-state index in [1.807, 2.05) is 12.1 Å². The van der Waals surface area contributed by atoms with E-state index in [1.165, 1.54) is 0 Å². The van der Waals surface area contributed by atoms with Gasteiger partial charge in [0.15, 0.2) is 11.6 Å². The van der Waals surface area contributed by atoms with E-state index < -0.39 is 0 Å². The highest BCUT2D eigenvalue weighted by atomic mass is 15.2. The van der Waals surface area contributed by atoms with E-state index in [9.17, 15) is 0 Å². The maximum absolute atomic E-state index is 5.50. The minimum absolute atomic E-state index is 0.539. The van der Waals surface area contributed by atoms with Crippen molar-refractivity contribution in [3.63, 3.8) is 0 Å². The normalized spacial score (nSPS) is 11.5. The van der Waals surface area contributed by atoms with E-state index >= 15 is 0 Å². The molecule has 0 N–H and O–H groups in total. The summed E-state index contributed by atoms with van der Waals surface area (Å²) in [5, 5.41) is 4.52. The molecule has 0 spiro atoms. The Balaban J connectivity index is 1.14. The third-order valence-corrected chi connectivity index (χ3v) is 13.2. The maximum atomic E-state index is 5.50. The molecule has 0 radical (unpaired) electrons. The molecule has 0 bridgehead atoms. The van der Waals surface area contributed by atoms with Crippen molar-refractivity contribution >= 4 is 43.6 Å². The van der Waals surface area contributed by atoms with Crippen LogP contribution in [0.25, 0.3) is 123 Å². The van der Waals surface area contributed by atoms with Gasteiger partial charge in [-0.2, -0.15) is 9.97 Å². The highest BCUT2D eigenvalue weighted by molar-refractivity contribution is 6.24. The summed E-state index contributed by atoms with van der Waals surface area (Å²) in [6.07, 6.45) is 0. The lowest BCUT2D eigenvalue weighted by Crippen LogP contribution is -2.07. The van der Waals surface area contributed by atoms with E-state index in [0.717, 1.165) is 105 Å². The predicted octanol–water partition coefficient (Wildman–Crippen LogP) is 16.1. The van der Waals surface area contributed by atoms with Gasteiger partial charge in [0.25, 0.3) is 0 Å². The molecule has 68 heavy (non-hydrogen) atoms. The molecule has 0 saturated carbocycles. The Hall–Kier alpha value is -9.19. The lowest BCUT2D eigenvalue weighted by atomic mass is 9.95. The summed E-state index contributed by atoms with van der Waals surface area (Å²) in [6.45, 7) is 0. The molecule has 318 valence electrons. The molecule has 0 fully saturated rings. The fourth-order valence-corrected chi connectivity index (χ4v) is 10.1. The molecule has 0 aliphatic heterocycles. The van der Waals surface area contributed by atoms with Crippen LogP contribution < -0.4 is 0 Å². The van der Waals surface area contributed by atoms with Crippen LogP contribution in [0.4, 0.5) is 0 Å². The molecule has 0 amide bonds. The fourth-order valence-electron chi connectivity index (χ4n) is 10.1. The van der Waals surface area contributed by atoms with Gasteiger partial charge >= 0.3 is 0 Å². The van der Waals surface area contributed by atoms with Crippen LogP contribution in [0.3, 0.4) is 0 Å². The van der Waals surface area contributed by atoms with E-state index in [-0.39, 0.29) is 0 Å². The summed E-state index contributed by atoms with van der Waals surface area (Å²) in [5.41, 5.74) is 16.2. The second kappa shape index (κ2) is 16.4. The third-order valence-electron chi connectivity index (χ3n) is 13.2. The van der Waals surface area contributed by atoms with Crippen molar-refractivity contribution in [3.8, 4) is 78.9 Å². The first-order chi connectivity index (χ1) is 33.7. The number of nitrogens with zero attached hydrogens (tertiary/aromatic N) is 5. The summed E-state index contributed by atoms with van der Waals surface area (Å²) in [6, 6.07) is 88.2. The fraction of sp³-hybridized carbons (Fsp3) is 0. The van der Waals surface area contributed by atoms with Gasteiger partial charge in [-0.05, 0) is 51.6 Å². The standard InChI is InChI=1S/C63H41N5/c1-5-19-42(20-6-1)44-35-37-47(38-36-44)61-64-62(49-28-17-27-48(41-49)43-21-7-2-8-22-43)66-63(65-61)68-57-34-16-14-30-53(57)55-40-39-54-52-29-13-15-33-56(52)67(59(54)60(55)68)58-50(45-23-9-3-10-24-45)31-18-32-51(58)46-25-11-4-12-26-46/h1-41H. The van der Waals surface area contributed by atoms with Crippen LogP contribution in [-0.2, 0) is 0 Å². The summed E-state index contributed by atoms with van der Waals surface area (Å²) < 4.78 is 4.78. The van der Waals surface area contributed by atoms with E-state index in [0.29, 0.717) is 17.6 Å². The third kappa shape index (κ3) is 6.59. The molecule has 0 saturated heterocycles. The molecule has 0 unspecified atom stereocenters. The van der Waals surface area contributed by atoms with Crippen LogP contribution in [-0.4, -0.2) is 24.1 Å². The van der Waals surface area contributed by atoms with Gasteiger partial charge in [-0.3, -0.25) is 4.57 Å². The second-order valence-corrected chi connectivity index (χ2v) is 17.2. The minimum Gasteiger partial charge on any atom is -0.306 e. The van der Waals surface area contributed by atoms with Crippen molar-refractivity contribution < 1.29 is 0 Å². The highest BCUT2D eigenvalue weighted by Gasteiger charge is 2.26. The number of hydrogen-bond acceptors (Lipinski definition) is 3. The number of hydrogen-bond donors (Lipinski definition) is 0. The van der Waals surface area contributed by atoms with Gasteiger partial charge in [0.1, 0.15) is 0 Å². The molecular formula is C63H41N5. The van der Waals surface area contributed by atoms with Crippen LogP contribution in [0.5, 0.6) is 0 Å². The Labute approximate surface area is 393 Å². The average molecular weight is 868 g/mol. The number of benzene rings is 10. The predicted molar refractivity (Wildman–Crippen MR) is 281 cm³/mol. The molecule has 3 heterocycles. The van der Waals surface area contributed by atoms with Crippen molar-refractivity contribution in [1.29, 1.82) is 0 Å². The largest absolute Gasteiger partial charge is 0.306 e. The summed E-state index contributed by atoms with van der Waals surface area (Å²) in [4.78, 5) is 16.3. The lowest BCUT2D eigenvalue weighted by molar-refractivity contribution is 0.953. The van der Waals surface area contributed by atoms with Crippen molar-refractivity contribution in [1.82, 2.24) is 24.1 Å². The van der Waals surface area contributed by atoms with Crippen LogP contribution in [0.1, 0.15) is 0 Å². The van der Waals surface area contributed by atoms with Gasteiger partial charge < -0.3 is 4.57 Å². The topological polar surface area (TPSA) is 48.5 Å². The SMILES string of the molecule is c1ccc(-c2ccc(-c3nc(-c4cccc(-c5ccccc5)c4)nc(-n4c5ccccc5c5ccc6c7ccccc7n(-c7c(-c8ccccc8)cccc7-c7ccccc7)c6c54)n3)cc2)cc1. The zero-order chi connectivity index (χ0) is 45.0. The van der Waals surface area contributed by atoms with Gasteiger partial charge in [-0.15, -0.1) is 0 Å². The van der Waals surface area contributed by atoms with Gasteiger partial charge in [0.05, 0.1) is 27.8 Å². The van der Waals surface area contributed by atoms with Crippen LogP contribution in [0.2, 0.25) is 0 Å². The number of aromatic nitrogens is 5. The van der Waals surface area contributed by atoms with Gasteiger partial charge in [0, 0.05) is 43.8 Å². The molecule has 13 aromatic rings. The maximum Gasteiger partial charge on any atom is 0.238 e. The molecule has 10 aromatic carbocycles. The van der Waals surface area contributed by atoms with Crippen molar-refractivity contribution in [2.75, 3.05) is 0 Å². The molecule has 13 rings (SSSR count). The van der Waals surface area contributed by atoms with Gasteiger partial charge in [0.2, 0.25) is 5.95 Å². The monoisotopic (exact) mass is 867 g/mol. The van der Waals surface area contributed by atoms with Gasteiger partial charge in [-0.25, -0.2) is 4.98 Å². The number of para-hydroxylation sites is 3. The summed E-state index contributed by atoms with van der Waals surface area (Å²) in [5.74, 6) is 1.72. The molecular weight excluding hydrogens is 827 g/mol. The van der Waals surface area contributed by atoms with E-state index in [4.69, 9.17) is 15.0 Å².